The van der Waals surface area contributed by atoms with Gasteiger partial charge in [-0.05, 0) is 64.2 Å². The number of allylic oxidation sites excluding steroid dienone is 11. The summed E-state index contributed by atoms with van der Waals surface area (Å²) in [5.41, 5.74) is 0. The van der Waals surface area contributed by atoms with Crippen molar-refractivity contribution in [3.8, 4) is 0 Å². The van der Waals surface area contributed by atoms with Crippen molar-refractivity contribution < 1.29 is 89.4 Å². The Kier molecular flexibility index (Phi) is 58.8. The summed E-state index contributed by atoms with van der Waals surface area (Å²) < 4.78 is 34.4. The number of rotatable bonds is 66. The summed E-state index contributed by atoms with van der Waals surface area (Å²) in [5.74, 6) is -0.271. The molecule has 3 aliphatic heterocycles. The number of aliphatic hydroxyl groups excluding tert-OH is 11. The Hall–Kier alpha value is -2.77. The van der Waals surface area contributed by atoms with Crippen LogP contribution in [0.3, 0.4) is 0 Å². The molecule has 3 fully saturated rings. The molecule has 0 aromatic rings. The average Bonchev–Trinajstić information content (AvgIpc) is 0.782. The molecular weight excluding hydrogens is 1310 g/mol. The molecule has 19 nitrogen and oxygen atoms in total. The summed E-state index contributed by atoms with van der Waals surface area (Å²) in [4.78, 5) is 13.5. The zero-order valence-electron chi connectivity index (χ0n) is 64.3. The van der Waals surface area contributed by atoms with E-state index in [4.69, 9.17) is 28.4 Å². The van der Waals surface area contributed by atoms with E-state index in [2.05, 4.69) is 79.9 Å². The van der Waals surface area contributed by atoms with Crippen molar-refractivity contribution in [2.45, 2.75) is 426 Å². The molecule has 0 saturated carbocycles. The summed E-state index contributed by atoms with van der Waals surface area (Å²) in [6.45, 7) is 1.65. The van der Waals surface area contributed by atoms with Gasteiger partial charge >= 0.3 is 0 Å². The number of unbranched alkanes of at least 4 members (excludes halogenated alkanes) is 40. The third-order valence-corrected chi connectivity index (χ3v) is 20.5. The Labute approximate surface area is 623 Å². The maximum absolute atomic E-state index is 13.5. The first-order valence-electron chi connectivity index (χ1n) is 41.7. The minimum Gasteiger partial charge on any atom is -0.394 e. The van der Waals surface area contributed by atoms with Gasteiger partial charge in [-0.25, -0.2) is 0 Å². The third kappa shape index (κ3) is 43.9. The molecule has 3 saturated heterocycles. The molecule has 0 bridgehead atoms. The highest BCUT2D eigenvalue weighted by atomic mass is 16.8. The van der Waals surface area contributed by atoms with Gasteiger partial charge in [-0.3, -0.25) is 4.79 Å². The van der Waals surface area contributed by atoms with Gasteiger partial charge in [0, 0.05) is 6.42 Å². The molecule has 0 aromatic heterocycles. The van der Waals surface area contributed by atoms with E-state index in [9.17, 15) is 61.0 Å². The van der Waals surface area contributed by atoms with Crippen molar-refractivity contribution in [3.05, 3.63) is 72.9 Å². The van der Waals surface area contributed by atoms with Gasteiger partial charge in [0.2, 0.25) is 5.91 Å². The molecule has 3 rings (SSSR count). The van der Waals surface area contributed by atoms with E-state index in [1.807, 2.05) is 6.08 Å². The maximum atomic E-state index is 13.5. The molecule has 0 aliphatic carbocycles. The standard InChI is InChI=1S/C84H151NO18/c1-3-5-7-9-11-13-15-17-19-21-22-23-24-25-26-27-28-29-30-31-32-33-34-35-36-37-38-39-40-41-42-43-44-46-48-50-52-54-56-58-60-62-72(90)85-67(68(89)61-59-57-55-53-51-49-47-45-20-18-16-14-12-10-8-6-4-2)66-98-82-78(96)75(93)80(70(64-87)100-82)103-84-79(97)76(94)81(71(65-88)101-84)102-83-77(95)74(92)73(91)69(63-86)99-83/h5,7,11,13,17,19,22-23,25-26,59,61,67-71,73-84,86-89,91-97H,3-4,6,8-10,12,14-16,18,20-21,24,27-58,60,62-66H2,1-2H3,(H,85,90)/b7-5-,13-11-,19-17-,23-22-,26-25-,61-59+. The minimum atomic E-state index is -1.98. The highest BCUT2D eigenvalue weighted by Crippen LogP contribution is 2.33. The molecule has 103 heavy (non-hydrogen) atoms. The fourth-order valence-electron chi connectivity index (χ4n) is 13.9. The summed E-state index contributed by atoms with van der Waals surface area (Å²) in [5, 5.41) is 121. The Morgan fingerprint density at radius 3 is 1.05 bits per heavy atom. The lowest BCUT2D eigenvalue weighted by molar-refractivity contribution is -0.379. The van der Waals surface area contributed by atoms with Crippen LogP contribution in [-0.2, 0) is 33.2 Å². The third-order valence-electron chi connectivity index (χ3n) is 20.5. The van der Waals surface area contributed by atoms with Gasteiger partial charge in [-0.1, -0.05) is 324 Å². The van der Waals surface area contributed by atoms with Gasteiger partial charge in [0.05, 0.1) is 38.6 Å². The number of hydrogen-bond donors (Lipinski definition) is 12. The number of amides is 1. The minimum absolute atomic E-state index is 0.246. The molecule has 600 valence electrons. The molecule has 0 aromatic carbocycles. The first kappa shape index (κ1) is 94.4. The van der Waals surface area contributed by atoms with Gasteiger partial charge in [-0.15, -0.1) is 0 Å². The van der Waals surface area contributed by atoms with Crippen molar-refractivity contribution in [2.75, 3.05) is 26.4 Å². The monoisotopic (exact) mass is 1460 g/mol. The predicted octanol–water partition coefficient (Wildman–Crippen LogP) is 14.4. The maximum Gasteiger partial charge on any atom is 0.220 e. The molecular formula is C84H151NO18. The Balaban J connectivity index is 1.29. The summed E-state index contributed by atoms with van der Waals surface area (Å²) >= 11 is 0. The van der Waals surface area contributed by atoms with Crippen LogP contribution in [-0.4, -0.2) is 193 Å². The number of hydrogen-bond acceptors (Lipinski definition) is 18. The molecule has 17 atom stereocenters. The van der Waals surface area contributed by atoms with Crippen molar-refractivity contribution in [2.24, 2.45) is 0 Å². The predicted molar refractivity (Wildman–Crippen MR) is 411 cm³/mol. The zero-order valence-corrected chi connectivity index (χ0v) is 64.3. The zero-order chi connectivity index (χ0) is 74.6. The van der Waals surface area contributed by atoms with Crippen LogP contribution in [0, 0.1) is 0 Å². The summed E-state index contributed by atoms with van der Waals surface area (Å²) in [6.07, 6.45) is 57.7. The van der Waals surface area contributed by atoms with Crippen LogP contribution < -0.4 is 5.32 Å². The number of ether oxygens (including phenoxy) is 6. The topological polar surface area (TPSA) is 307 Å². The van der Waals surface area contributed by atoms with Crippen molar-refractivity contribution in [1.82, 2.24) is 5.32 Å². The van der Waals surface area contributed by atoms with E-state index < -0.39 is 124 Å². The second-order valence-electron chi connectivity index (χ2n) is 29.6. The first-order chi connectivity index (χ1) is 50.3. The lowest BCUT2D eigenvalue weighted by atomic mass is 9.96. The van der Waals surface area contributed by atoms with Gasteiger partial charge in [-0.2, -0.15) is 0 Å². The highest BCUT2D eigenvalue weighted by molar-refractivity contribution is 5.76. The molecule has 12 N–H and O–H groups in total. The van der Waals surface area contributed by atoms with Crippen molar-refractivity contribution in [3.63, 3.8) is 0 Å². The molecule has 1 amide bonds. The van der Waals surface area contributed by atoms with Crippen LogP contribution in [0.15, 0.2) is 72.9 Å². The number of nitrogens with one attached hydrogen (secondary N) is 1. The Morgan fingerprint density at radius 1 is 0.359 bits per heavy atom. The van der Waals surface area contributed by atoms with E-state index >= 15 is 0 Å². The number of carbonyl (C=O) groups is 1. The molecule has 3 aliphatic rings. The van der Waals surface area contributed by atoms with Crippen LogP contribution >= 0.6 is 0 Å². The fraction of sp³-hybridized carbons (Fsp3) is 0.845. The number of aliphatic hydroxyl groups is 11. The Bertz CT molecular complexity index is 2140. The average molecular weight is 1460 g/mol. The molecule has 0 radical (unpaired) electrons. The van der Waals surface area contributed by atoms with Crippen molar-refractivity contribution in [1.29, 1.82) is 0 Å². The second kappa shape index (κ2) is 64.1. The van der Waals surface area contributed by atoms with E-state index in [1.165, 1.54) is 218 Å². The fourth-order valence-corrected chi connectivity index (χ4v) is 13.9. The second-order valence-corrected chi connectivity index (χ2v) is 29.6. The van der Waals surface area contributed by atoms with E-state index in [1.54, 1.807) is 6.08 Å². The first-order valence-corrected chi connectivity index (χ1v) is 41.7. The van der Waals surface area contributed by atoms with Crippen molar-refractivity contribution >= 4 is 5.91 Å². The van der Waals surface area contributed by atoms with Crippen LogP contribution in [0.25, 0.3) is 0 Å². The Morgan fingerprint density at radius 2 is 0.670 bits per heavy atom. The summed E-state index contributed by atoms with van der Waals surface area (Å²) in [6, 6.07) is -0.973. The van der Waals surface area contributed by atoms with Gasteiger partial charge in [0.1, 0.15) is 73.2 Å². The van der Waals surface area contributed by atoms with E-state index in [0.717, 1.165) is 77.0 Å². The van der Waals surface area contributed by atoms with E-state index in [-0.39, 0.29) is 18.9 Å². The van der Waals surface area contributed by atoms with Gasteiger partial charge in [0.25, 0.3) is 0 Å². The molecule has 3 heterocycles. The summed E-state index contributed by atoms with van der Waals surface area (Å²) in [7, 11) is 0. The number of carbonyl (C=O) groups excluding carboxylic acids is 1. The highest BCUT2D eigenvalue weighted by Gasteiger charge is 2.54. The quantitative estimate of drug-likeness (QED) is 0.0199. The van der Waals surface area contributed by atoms with Crippen LogP contribution in [0.5, 0.6) is 0 Å². The largest absolute Gasteiger partial charge is 0.394 e. The lowest BCUT2D eigenvalue weighted by Crippen LogP contribution is -2.66. The van der Waals surface area contributed by atoms with Crippen LogP contribution in [0.2, 0.25) is 0 Å². The van der Waals surface area contributed by atoms with E-state index in [0.29, 0.717) is 6.42 Å². The SMILES string of the molecule is CC/C=C\C/C=C\C/C=C\C/C=C\C/C=C\CCCCCCCCCCCCCCCCCCCCCCCCCCCC(=O)NC(COC1OC(CO)C(OC2OC(CO)C(OC3OC(CO)C(O)C(O)C3O)C(O)C2O)C(O)C1O)C(O)/C=C/CCCCCCCCCCCCCCCCC. The normalized spacial score (nSPS) is 26.4. The van der Waals surface area contributed by atoms with Crippen LogP contribution in [0.1, 0.15) is 322 Å². The van der Waals surface area contributed by atoms with Gasteiger partial charge in [0.15, 0.2) is 18.9 Å². The van der Waals surface area contributed by atoms with Crippen LogP contribution in [0.4, 0.5) is 0 Å². The molecule has 0 spiro atoms. The smallest absolute Gasteiger partial charge is 0.220 e. The lowest BCUT2D eigenvalue weighted by Gasteiger charge is -2.48. The molecule has 17 unspecified atom stereocenters. The molecule has 19 heteroatoms. The van der Waals surface area contributed by atoms with Gasteiger partial charge < -0.3 is 89.9 Å².